The highest BCUT2D eigenvalue weighted by molar-refractivity contribution is 5.33. The van der Waals surface area contributed by atoms with E-state index >= 15 is 0 Å². The minimum atomic E-state index is 0.0844. The Hall–Kier alpha value is -1.02. The second kappa shape index (κ2) is 4.28. The first-order chi connectivity index (χ1) is 6.11. The summed E-state index contributed by atoms with van der Waals surface area (Å²) >= 11 is 0. The van der Waals surface area contributed by atoms with Crippen LogP contribution in [0.5, 0.6) is 5.75 Å². The van der Waals surface area contributed by atoms with E-state index in [2.05, 4.69) is 19.9 Å². The summed E-state index contributed by atoms with van der Waals surface area (Å²) < 4.78 is 5.60. The van der Waals surface area contributed by atoms with E-state index in [-0.39, 0.29) is 6.10 Å². The van der Waals surface area contributed by atoms with Gasteiger partial charge in [-0.15, -0.1) is 0 Å². The van der Waals surface area contributed by atoms with Crippen molar-refractivity contribution in [2.24, 2.45) is 5.73 Å². The van der Waals surface area contributed by atoms with Gasteiger partial charge >= 0.3 is 0 Å². The molecular formula is C11H17NO. The molecule has 0 fully saturated rings. The molecule has 2 heteroatoms. The van der Waals surface area contributed by atoms with Crippen LogP contribution in [0, 0.1) is 13.8 Å². The minimum Gasteiger partial charge on any atom is -0.489 e. The molecule has 0 radical (unpaired) electrons. The first-order valence-electron chi connectivity index (χ1n) is 4.57. The van der Waals surface area contributed by atoms with Gasteiger partial charge in [-0.2, -0.15) is 0 Å². The summed E-state index contributed by atoms with van der Waals surface area (Å²) in [4.78, 5) is 0. The molecule has 0 amide bonds. The second-order valence-electron chi connectivity index (χ2n) is 3.49. The van der Waals surface area contributed by atoms with Crippen molar-refractivity contribution in [3.8, 4) is 5.75 Å². The van der Waals surface area contributed by atoms with E-state index in [1.54, 1.807) is 0 Å². The highest BCUT2D eigenvalue weighted by atomic mass is 16.5. The first-order valence-corrected chi connectivity index (χ1v) is 4.57. The van der Waals surface area contributed by atoms with Gasteiger partial charge in [0.05, 0.1) is 0 Å². The summed E-state index contributed by atoms with van der Waals surface area (Å²) in [5.74, 6) is 0.912. The average Bonchev–Trinajstić information content (AvgIpc) is 2.02. The van der Waals surface area contributed by atoms with Crippen molar-refractivity contribution in [2.45, 2.75) is 26.9 Å². The topological polar surface area (TPSA) is 35.2 Å². The van der Waals surface area contributed by atoms with Crippen molar-refractivity contribution < 1.29 is 4.74 Å². The lowest BCUT2D eigenvalue weighted by atomic mass is 10.1. The Morgan fingerprint density at radius 3 is 2.23 bits per heavy atom. The fourth-order valence-electron chi connectivity index (χ4n) is 1.28. The zero-order valence-corrected chi connectivity index (χ0v) is 8.50. The standard InChI is InChI=1S/C11H17NO/c1-8-4-9(2)6-11(5-8)13-10(3)7-12/h4-6,10H,7,12H2,1-3H3. The van der Waals surface area contributed by atoms with Gasteiger partial charge < -0.3 is 10.5 Å². The zero-order chi connectivity index (χ0) is 9.84. The summed E-state index contributed by atoms with van der Waals surface area (Å²) in [5.41, 5.74) is 7.91. The minimum absolute atomic E-state index is 0.0844. The molecule has 1 unspecified atom stereocenters. The van der Waals surface area contributed by atoms with E-state index in [1.165, 1.54) is 11.1 Å². The number of nitrogens with two attached hydrogens (primary N) is 1. The summed E-state index contributed by atoms with van der Waals surface area (Å²) in [6, 6.07) is 6.18. The van der Waals surface area contributed by atoms with Gasteiger partial charge in [0, 0.05) is 6.54 Å². The van der Waals surface area contributed by atoms with Gasteiger partial charge in [-0.05, 0) is 44.0 Å². The molecular weight excluding hydrogens is 162 g/mol. The van der Waals surface area contributed by atoms with Gasteiger partial charge in [-0.1, -0.05) is 6.07 Å². The molecule has 0 spiro atoms. The Kier molecular flexibility index (Phi) is 3.32. The molecule has 1 rings (SSSR count). The number of aryl methyl sites for hydroxylation is 2. The van der Waals surface area contributed by atoms with Crippen molar-refractivity contribution in [2.75, 3.05) is 6.54 Å². The Morgan fingerprint density at radius 1 is 1.23 bits per heavy atom. The fraction of sp³-hybridized carbons (Fsp3) is 0.455. The van der Waals surface area contributed by atoms with Crippen LogP contribution in [0.25, 0.3) is 0 Å². The van der Waals surface area contributed by atoms with E-state index in [9.17, 15) is 0 Å². The maximum absolute atomic E-state index is 5.60. The van der Waals surface area contributed by atoms with Crippen molar-refractivity contribution >= 4 is 0 Å². The van der Waals surface area contributed by atoms with E-state index in [1.807, 2.05) is 19.1 Å². The first kappa shape index (κ1) is 10.1. The lowest BCUT2D eigenvalue weighted by Crippen LogP contribution is -2.22. The summed E-state index contributed by atoms with van der Waals surface area (Å²) in [7, 11) is 0. The molecule has 1 aromatic carbocycles. The molecule has 0 aliphatic carbocycles. The van der Waals surface area contributed by atoms with Crippen molar-refractivity contribution in [1.29, 1.82) is 0 Å². The number of benzene rings is 1. The average molecular weight is 179 g/mol. The third-order valence-electron chi connectivity index (χ3n) is 1.86. The van der Waals surface area contributed by atoms with Crippen LogP contribution >= 0.6 is 0 Å². The molecule has 0 saturated carbocycles. The van der Waals surface area contributed by atoms with Gasteiger partial charge in [0.1, 0.15) is 11.9 Å². The van der Waals surface area contributed by atoms with Crippen LogP contribution in [0.4, 0.5) is 0 Å². The normalized spacial score (nSPS) is 12.6. The third-order valence-corrected chi connectivity index (χ3v) is 1.86. The number of hydrogen-bond acceptors (Lipinski definition) is 2. The highest BCUT2D eigenvalue weighted by Gasteiger charge is 2.01. The van der Waals surface area contributed by atoms with E-state index in [0.29, 0.717) is 6.54 Å². The van der Waals surface area contributed by atoms with Crippen molar-refractivity contribution in [3.05, 3.63) is 29.3 Å². The van der Waals surface area contributed by atoms with Gasteiger partial charge in [-0.3, -0.25) is 0 Å². The molecule has 0 saturated heterocycles. The molecule has 0 aliphatic heterocycles. The van der Waals surface area contributed by atoms with Crippen LogP contribution in [0.2, 0.25) is 0 Å². The maximum Gasteiger partial charge on any atom is 0.120 e. The van der Waals surface area contributed by atoms with Crippen molar-refractivity contribution in [3.63, 3.8) is 0 Å². The van der Waals surface area contributed by atoms with Crippen LogP contribution in [0.15, 0.2) is 18.2 Å². The predicted molar refractivity (Wildman–Crippen MR) is 55.1 cm³/mol. The Labute approximate surface area is 79.7 Å². The van der Waals surface area contributed by atoms with Crippen LogP contribution < -0.4 is 10.5 Å². The lowest BCUT2D eigenvalue weighted by Gasteiger charge is -2.13. The fourth-order valence-corrected chi connectivity index (χ4v) is 1.28. The molecule has 0 bridgehead atoms. The molecule has 13 heavy (non-hydrogen) atoms. The highest BCUT2D eigenvalue weighted by Crippen LogP contribution is 2.17. The molecule has 0 aromatic heterocycles. The lowest BCUT2D eigenvalue weighted by molar-refractivity contribution is 0.229. The SMILES string of the molecule is Cc1cc(C)cc(OC(C)CN)c1. The van der Waals surface area contributed by atoms with Crippen LogP contribution in [0.1, 0.15) is 18.1 Å². The van der Waals surface area contributed by atoms with Crippen LogP contribution in [-0.4, -0.2) is 12.6 Å². The van der Waals surface area contributed by atoms with Crippen LogP contribution in [-0.2, 0) is 0 Å². The molecule has 0 heterocycles. The Balaban J connectivity index is 2.77. The van der Waals surface area contributed by atoms with Crippen LogP contribution in [0.3, 0.4) is 0 Å². The smallest absolute Gasteiger partial charge is 0.120 e. The Bertz CT molecular complexity index is 263. The number of ether oxygens (including phenoxy) is 1. The third kappa shape index (κ3) is 3.07. The van der Waals surface area contributed by atoms with E-state index in [4.69, 9.17) is 10.5 Å². The number of hydrogen-bond donors (Lipinski definition) is 1. The van der Waals surface area contributed by atoms with Gasteiger partial charge in [0.2, 0.25) is 0 Å². The van der Waals surface area contributed by atoms with Gasteiger partial charge in [0.15, 0.2) is 0 Å². The molecule has 2 N–H and O–H groups in total. The predicted octanol–water partition coefficient (Wildman–Crippen LogP) is 2.03. The molecule has 2 nitrogen and oxygen atoms in total. The summed E-state index contributed by atoms with van der Waals surface area (Å²) in [6.07, 6.45) is 0.0844. The molecule has 1 atom stereocenters. The largest absolute Gasteiger partial charge is 0.489 e. The Morgan fingerprint density at radius 2 is 1.77 bits per heavy atom. The zero-order valence-electron chi connectivity index (χ0n) is 8.50. The molecule has 72 valence electrons. The molecule has 0 aliphatic rings. The quantitative estimate of drug-likeness (QED) is 0.770. The van der Waals surface area contributed by atoms with E-state index in [0.717, 1.165) is 5.75 Å². The summed E-state index contributed by atoms with van der Waals surface area (Å²) in [6.45, 7) is 6.64. The summed E-state index contributed by atoms with van der Waals surface area (Å²) in [5, 5.41) is 0. The second-order valence-corrected chi connectivity index (χ2v) is 3.49. The number of rotatable bonds is 3. The van der Waals surface area contributed by atoms with E-state index < -0.39 is 0 Å². The maximum atomic E-state index is 5.60. The van der Waals surface area contributed by atoms with Gasteiger partial charge in [0.25, 0.3) is 0 Å². The molecule has 1 aromatic rings. The monoisotopic (exact) mass is 179 g/mol. The van der Waals surface area contributed by atoms with Crippen molar-refractivity contribution in [1.82, 2.24) is 0 Å². The van der Waals surface area contributed by atoms with Gasteiger partial charge in [-0.25, -0.2) is 0 Å².